The number of rotatable bonds is 9. The van der Waals surface area contributed by atoms with Crippen LogP contribution in [0, 0.1) is 0 Å². The lowest BCUT2D eigenvalue weighted by Gasteiger charge is -2.32. The maximum atomic E-state index is 13.0. The Labute approximate surface area is 168 Å². The van der Waals surface area contributed by atoms with E-state index in [-0.39, 0.29) is 16.7 Å². The van der Waals surface area contributed by atoms with E-state index in [0.29, 0.717) is 31.7 Å². The summed E-state index contributed by atoms with van der Waals surface area (Å²) < 4.78 is 27.5. The molecule has 2 amide bonds. The third-order valence-electron chi connectivity index (χ3n) is 5.02. The fraction of sp³-hybridized carbons (Fsp3) is 0.600. The molecule has 1 unspecified atom stereocenters. The van der Waals surface area contributed by atoms with Gasteiger partial charge >= 0.3 is 0 Å². The molecule has 1 N–H and O–H groups in total. The van der Waals surface area contributed by atoms with Crippen LogP contribution in [-0.2, 0) is 14.8 Å². The maximum Gasteiger partial charge on any atom is 0.254 e. The first-order chi connectivity index (χ1) is 13.3. The molecule has 1 heterocycles. The Bertz CT molecular complexity index is 769. The first kappa shape index (κ1) is 22.4. The molecule has 0 radical (unpaired) electrons. The van der Waals surface area contributed by atoms with E-state index in [2.05, 4.69) is 5.32 Å². The summed E-state index contributed by atoms with van der Waals surface area (Å²) in [6.45, 7) is 7.61. The van der Waals surface area contributed by atoms with Gasteiger partial charge in [-0.3, -0.25) is 9.59 Å². The van der Waals surface area contributed by atoms with Crippen LogP contribution in [-0.4, -0.2) is 61.7 Å². The molecule has 7 nitrogen and oxygen atoms in total. The molecule has 0 bridgehead atoms. The summed E-state index contributed by atoms with van der Waals surface area (Å²) in [6, 6.07) is 5.51. The molecular weight excluding hydrogens is 378 g/mol. The first-order valence-electron chi connectivity index (χ1n) is 10.0. The molecule has 1 fully saturated rings. The van der Waals surface area contributed by atoms with Crippen molar-refractivity contribution in [3.05, 3.63) is 29.8 Å². The Kier molecular flexibility index (Phi) is 8.00. The van der Waals surface area contributed by atoms with E-state index in [1.807, 2.05) is 13.8 Å². The number of carbonyl (C=O) groups is 2. The lowest BCUT2D eigenvalue weighted by molar-refractivity contribution is -0.127. The minimum atomic E-state index is -3.59. The number of piperazine rings is 1. The second-order valence-corrected chi connectivity index (χ2v) is 9.04. The number of carbonyl (C=O) groups excluding carboxylic acids is 2. The van der Waals surface area contributed by atoms with E-state index >= 15 is 0 Å². The van der Waals surface area contributed by atoms with Crippen molar-refractivity contribution in [2.75, 3.05) is 26.2 Å². The van der Waals surface area contributed by atoms with Gasteiger partial charge in [-0.25, -0.2) is 8.42 Å². The van der Waals surface area contributed by atoms with Crippen LogP contribution < -0.4 is 5.32 Å². The van der Waals surface area contributed by atoms with Gasteiger partial charge in [0.2, 0.25) is 15.9 Å². The van der Waals surface area contributed by atoms with Crippen LogP contribution in [0.1, 0.15) is 56.8 Å². The second kappa shape index (κ2) is 10.0. The monoisotopic (exact) mass is 409 g/mol. The fourth-order valence-electron chi connectivity index (χ4n) is 3.17. The zero-order chi connectivity index (χ0) is 20.7. The van der Waals surface area contributed by atoms with E-state index in [4.69, 9.17) is 0 Å². The molecule has 0 aliphatic carbocycles. The molecule has 1 aromatic carbocycles. The molecule has 0 aromatic heterocycles. The van der Waals surface area contributed by atoms with E-state index in [1.54, 1.807) is 6.92 Å². The lowest BCUT2D eigenvalue weighted by Crippen LogP contribution is -2.55. The number of unbranched alkanes of at least 4 members (excludes halogenated alkanes) is 2. The second-order valence-electron chi connectivity index (χ2n) is 7.10. The lowest BCUT2D eigenvalue weighted by atomic mass is 10.1. The van der Waals surface area contributed by atoms with E-state index < -0.39 is 16.1 Å². The summed E-state index contributed by atoms with van der Waals surface area (Å²) in [7, 11) is -3.59. The fourth-order valence-corrected chi connectivity index (χ4v) is 4.68. The van der Waals surface area contributed by atoms with Gasteiger partial charge in [-0.2, -0.15) is 4.31 Å². The van der Waals surface area contributed by atoms with Crippen LogP contribution in [0.15, 0.2) is 29.2 Å². The van der Waals surface area contributed by atoms with Gasteiger partial charge in [-0.1, -0.05) is 26.7 Å². The maximum absolute atomic E-state index is 13.0. The minimum Gasteiger partial charge on any atom is -0.353 e. The number of nitrogens with zero attached hydrogens (tertiary/aromatic N) is 2. The van der Waals surface area contributed by atoms with Crippen molar-refractivity contribution in [1.82, 2.24) is 14.5 Å². The molecule has 28 heavy (non-hydrogen) atoms. The topological polar surface area (TPSA) is 86.8 Å². The van der Waals surface area contributed by atoms with Crippen LogP contribution in [0.25, 0.3) is 0 Å². The molecule has 156 valence electrons. The Morgan fingerprint density at radius 1 is 1.14 bits per heavy atom. The average molecular weight is 410 g/mol. The Morgan fingerprint density at radius 3 is 2.25 bits per heavy atom. The summed E-state index contributed by atoms with van der Waals surface area (Å²) in [6.07, 6.45) is 3.48. The van der Waals surface area contributed by atoms with Crippen molar-refractivity contribution in [2.24, 2.45) is 0 Å². The number of benzene rings is 1. The molecule has 0 saturated carbocycles. The van der Waals surface area contributed by atoms with Gasteiger partial charge in [0.1, 0.15) is 6.04 Å². The standard InChI is InChI=1S/C20H31N3O4S/c1-4-6-13-22(14-7-5-2)28(26,27)18-10-8-17(9-11-18)20(25)23-15-12-21-19(24)16(23)3/h8-11,16H,4-7,12-15H2,1-3H3,(H,21,24). The van der Waals surface area contributed by atoms with Crippen molar-refractivity contribution in [3.8, 4) is 0 Å². The van der Waals surface area contributed by atoms with Crippen LogP contribution in [0.4, 0.5) is 0 Å². The first-order valence-corrected chi connectivity index (χ1v) is 11.5. The smallest absolute Gasteiger partial charge is 0.254 e. The molecule has 1 aromatic rings. The van der Waals surface area contributed by atoms with Gasteiger partial charge in [-0.05, 0) is 44.0 Å². The predicted molar refractivity (Wildman–Crippen MR) is 109 cm³/mol. The SMILES string of the molecule is CCCCN(CCCC)S(=O)(=O)c1ccc(C(=O)N2CCNC(=O)C2C)cc1. The third-order valence-corrected chi connectivity index (χ3v) is 6.93. The highest BCUT2D eigenvalue weighted by Gasteiger charge is 2.30. The van der Waals surface area contributed by atoms with Crippen molar-refractivity contribution >= 4 is 21.8 Å². The number of amides is 2. The highest BCUT2D eigenvalue weighted by Crippen LogP contribution is 2.19. The Balaban J connectivity index is 2.19. The number of sulfonamides is 1. The third kappa shape index (κ3) is 5.11. The molecular formula is C20H31N3O4S. The van der Waals surface area contributed by atoms with Crippen LogP contribution in [0.5, 0.6) is 0 Å². The van der Waals surface area contributed by atoms with E-state index in [0.717, 1.165) is 25.7 Å². The van der Waals surface area contributed by atoms with Crippen LogP contribution in [0.3, 0.4) is 0 Å². The summed E-state index contributed by atoms with van der Waals surface area (Å²) in [5.74, 6) is -0.443. The molecule has 0 spiro atoms. The van der Waals surface area contributed by atoms with E-state index in [9.17, 15) is 18.0 Å². The normalized spacial score (nSPS) is 17.6. The van der Waals surface area contributed by atoms with Crippen LogP contribution >= 0.6 is 0 Å². The van der Waals surface area contributed by atoms with Gasteiger partial charge in [0.25, 0.3) is 5.91 Å². The van der Waals surface area contributed by atoms with Crippen molar-refractivity contribution in [3.63, 3.8) is 0 Å². The molecule has 2 rings (SSSR count). The largest absolute Gasteiger partial charge is 0.353 e. The molecule has 1 saturated heterocycles. The highest BCUT2D eigenvalue weighted by molar-refractivity contribution is 7.89. The van der Waals surface area contributed by atoms with E-state index in [1.165, 1.54) is 33.5 Å². The van der Waals surface area contributed by atoms with Crippen molar-refractivity contribution in [2.45, 2.75) is 57.4 Å². The summed E-state index contributed by atoms with van der Waals surface area (Å²) in [5.41, 5.74) is 0.383. The highest BCUT2D eigenvalue weighted by atomic mass is 32.2. The van der Waals surface area contributed by atoms with Gasteiger partial charge in [-0.15, -0.1) is 0 Å². The summed E-state index contributed by atoms with van der Waals surface area (Å²) in [5, 5.41) is 2.73. The summed E-state index contributed by atoms with van der Waals surface area (Å²) >= 11 is 0. The quantitative estimate of drug-likeness (QED) is 0.678. The van der Waals surface area contributed by atoms with Gasteiger partial charge in [0, 0.05) is 31.7 Å². The predicted octanol–water partition coefficient (Wildman–Crippen LogP) is 2.24. The molecule has 1 atom stereocenters. The zero-order valence-electron chi connectivity index (χ0n) is 17.0. The minimum absolute atomic E-state index is 0.179. The number of hydrogen-bond acceptors (Lipinski definition) is 4. The molecule has 1 aliphatic rings. The summed E-state index contributed by atoms with van der Waals surface area (Å²) in [4.78, 5) is 26.2. The van der Waals surface area contributed by atoms with Gasteiger partial charge in [0.05, 0.1) is 4.90 Å². The Morgan fingerprint density at radius 2 is 1.71 bits per heavy atom. The Hall–Kier alpha value is -1.93. The van der Waals surface area contributed by atoms with Gasteiger partial charge in [0.15, 0.2) is 0 Å². The molecule has 8 heteroatoms. The zero-order valence-corrected chi connectivity index (χ0v) is 17.8. The van der Waals surface area contributed by atoms with Crippen molar-refractivity contribution < 1.29 is 18.0 Å². The van der Waals surface area contributed by atoms with Gasteiger partial charge < -0.3 is 10.2 Å². The molecule has 1 aliphatic heterocycles. The number of hydrogen-bond donors (Lipinski definition) is 1. The average Bonchev–Trinajstić information content (AvgIpc) is 2.69. The number of nitrogens with one attached hydrogen (secondary N) is 1. The van der Waals surface area contributed by atoms with Crippen molar-refractivity contribution in [1.29, 1.82) is 0 Å². The van der Waals surface area contributed by atoms with Crippen LogP contribution in [0.2, 0.25) is 0 Å².